The molecule has 0 saturated carbocycles. The number of para-hydroxylation sites is 1. The lowest BCUT2D eigenvalue weighted by Crippen LogP contribution is -2.13. The Bertz CT molecular complexity index is 1530. The minimum atomic E-state index is -0.389. The fraction of sp³-hybridized carbons (Fsp3) is 0.125. The van der Waals surface area contributed by atoms with Gasteiger partial charge in [0.1, 0.15) is 18.1 Å². The molecule has 0 N–H and O–H groups in total. The number of hydrogen-bond donors (Lipinski definition) is 0. The van der Waals surface area contributed by atoms with Crippen LogP contribution in [0.15, 0.2) is 97.1 Å². The van der Waals surface area contributed by atoms with Gasteiger partial charge in [0, 0.05) is 10.9 Å². The Hall–Kier alpha value is -4.44. The van der Waals surface area contributed by atoms with Gasteiger partial charge in [-0.1, -0.05) is 60.2 Å². The number of carbonyl (C=O) groups is 1. The molecule has 0 radical (unpaired) electrons. The number of hydrogen-bond acceptors (Lipinski definition) is 4. The lowest BCUT2D eigenvalue weighted by atomic mass is 9.95. The second-order valence-electron chi connectivity index (χ2n) is 8.94. The van der Waals surface area contributed by atoms with E-state index in [1.54, 1.807) is 12.1 Å². The first-order chi connectivity index (χ1) is 17.5. The van der Waals surface area contributed by atoms with Crippen LogP contribution in [0.25, 0.3) is 22.2 Å². The Morgan fingerprint density at radius 3 is 2.14 bits per heavy atom. The maximum atomic E-state index is 13.5. The molecule has 4 heteroatoms. The number of nitrogens with zero attached hydrogens (tertiary/aromatic N) is 1. The summed E-state index contributed by atoms with van der Waals surface area (Å²) in [5.41, 5.74) is 6.98. The molecule has 36 heavy (non-hydrogen) atoms. The summed E-state index contributed by atoms with van der Waals surface area (Å²) in [4.78, 5) is 18.5. The van der Waals surface area contributed by atoms with E-state index in [9.17, 15) is 4.79 Å². The average molecular weight is 474 g/mol. The monoisotopic (exact) mass is 473 g/mol. The van der Waals surface area contributed by atoms with Crippen LogP contribution in [0, 0.1) is 20.8 Å². The second kappa shape index (κ2) is 10.0. The average Bonchev–Trinajstić information content (AvgIpc) is 2.88. The number of aromatic nitrogens is 1. The van der Waals surface area contributed by atoms with E-state index in [1.165, 1.54) is 0 Å². The van der Waals surface area contributed by atoms with E-state index in [-0.39, 0.29) is 5.97 Å². The maximum Gasteiger partial charge on any atom is 0.344 e. The molecule has 0 fully saturated rings. The predicted molar refractivity (Wildman–Crippen MR) is 144 cm³/mol. The molecule has 0 aliphatic carbocycles. The number of pyridine rings is 1. The van der Waals surface area contributed by atoms with Crippen molar-refractivity contribution in [2.24, 2.45) is 0 Å². The molecular formula is C32H27NO3. The van der Waals surface area contributed by atoms with E-state index >= 15 is 0 Å². The van der Waals surface area contributed by atoms with Crippen LogP contribution >= 0.6 is 0 Å². The fourth-order valence-electron chi connectivity index (χ4n) is 4.46. The van der Waals surface area contributed by atoms with Crippen LogP contribution in [0.3, 0.4) is 0 Å². The number of aryl methyl sites for hydroxylation is 2. The summed E-state index contributed by atoms with van der Waals surface area (Å²) in [6.45, 7) is 6.48. The number of esters is 1. The highest BCUT2D eigenvalue weighted by molar-refractivity contribution is 6.08. The van der Waals surface area contributed by atoms with Gasteiger partial charge in [0.2, 0.25) is 0 Å². The highest BCUT2D eigenvalue weighted by Gasteiger charge is 2.22. The van der Waals surface area contributed by atoms with Gasteiger partial charge in [0.15, 0.2) is 0 Å². The van der Waals surface area contributed by atoms with Crippen molar-refractivity contribution in [3.05, 3.63) is 125 Å². The summed E-state index contributed by atoms with van der Waals surface area (Å²) in [5, 5.41) is 0.803. The molecule has 0 bridgehead atoms. The molecule has 0 unspecified atom stereocenters. The number of fused-ring (bicyclic) bond motifs is 1. The molecule has 4 nitrogen and oxygen atoms in total. The van der Waals surface area contributed by atoms with Gasteiger partial charge >= 0.3 is 5.97 Å². The zero-order valence-corrected chi connectivity index (χ0v) is 20.6. The molecule has 0 aliphatic heterocycles. The molecule has 178 valence electrons. The molecule has 4 aromatic carbocycles. The molecule has 0 saturated heterocycles. The number of benzene rings is 4. The number of rotatable bonds is 6. The summed E-state index contributed by atoms with van der Waals surface area (Å²) in [6.07, 6.45) is 0. The fourth-order valence-corrected chi connectivity index (χ4v) is 4.46. The van der Waals surface area contributed by atoms with Crippen LogP contribution in [0.5, 0.6) is 11.5 Å². The van der Waals surface area contributed by atoms with Crippen molar-refractivity contribution in [3.63, 3.8) is 0 Å². The first-order valence-corrected chi connectivity index (χ1v) is 12.0. The third-order valence-electron chi connectivity index (χ3n) is 6.20. The lowest BCUT2D eigenvalue weighted by molar-refractivity contribution is 0.0736. The molecule has 0 atom stereocenters. The largest absolute Gasteiger partial charge is 0.489 e. The van der Waals surface area contributed by atoms with Crippen molar-refractivity contribution in [1.82, 2.24) is 4.98 Å². The van der Waals surface area contributed by atoms with Crippen molar-refractivity contribution >= 4 is 16.9 Å². The van der Waals surface area contributed by atoms with Crippen molar-refractivity contribution in [2.45, 2.75) is 27.4 Å². The first-order valence-electron chi connectivity index (χ1n) is 12.0. The van der Waals surface area contributed by atoms with Crippen LogP contribution in [0.2, 0.25) is 0 Å². The summed E-state index contributed by atoms with van der Waals surface area (Å²) in [7, 11) is 0. The Morgan fingerprint density at radius 1 is 0.778 bits per heavy atom. The smallest absolute Gasteiger partial charge is 0.344 e. The van der Waals surface area contributed by atoms with Gasteiger partial charge in [-0.2, -0.15) is 0 Å². The molecule has 1 aromatic heterocycles. The highest BCUT2D eigenvalue weighted by atomic mass is 16.5. The van der Waals surface area contributed by atoms with E-state index in [0.29, 0.717) is 17.9 Å². The third-order valence-corrected chi connectivity index (χ3v) is 6.20. The van der Waals surface area contributed by atoms with Gasteiger partial charge in [-0.05, 0) is 79.9 Å². The van der Waals surface area contributed by atoms with Gasteiger partial charge in [0.25, 0.3) is 0 Å². The van der Waals surface area contributed by atoms with Gasteiger partial charge < -0.3 is 9.47 Å². The standard InChI is InChI=1S/C32H27NO3/c1-21-18-22(2)30-28(19-21)29(32(34)36-27-12-8-5-9-13-27)23(3)31(33-30)25-14-16-26(17-15-25)35-20-24-10-6-4-7-11-24/h4-19H,20H2,1-3H3. The van der Waals surface area contributed by atoms with Crippen molar-refractivity contribution in [2.75, 3.05) is 0 Å². The summed E-state index contributed by atoms with van der Waals surface area (Å²) in [6, 6.07) is 31.2. The Labute approximate surface area is 211 Å². The zero-order valence-electron chi connectivity index (χ0n) is 20.6. The zero-order chi connectivity index (χ0) is 25.1. The molecule has 0 spiro atoms. The SMILES string of the molecule is Cc1cc(C)c2nc(-c3ccc(OCc4ccccc4)cc3)c(C)c(C(=O)Oc3ccccc3)c2c1. The van der Waals surface area contributed by atoms with Crippen molar-refractivity contribution in [1.29, 1.82) is 0 Å². The van der Waals surface area contributed by atoms with Crippen LogP contribution in [0.4, 0.5) is 0 Å². The molecule has 5 rings (SSSR count). The lowest BCUT2D eigenvalue weighted by Gasteiger charge is -2.16. The molecule has 0 amide bonds. The molecular weight excluding hydrogens is 446 g/mol. The van der Waals surface area contributed by atoms with Gasteiger partial charge in [-0.3, -0.25) is 0 Å². The minimum Gasteiger partial charge on any atom is -0.489 e. The Kier molecular flexibility index (Phi) is 6.50. The van der Waals surface area contributed by atoms with Crippen LogP contribution in [-0.4, -0.2) is 11.0 Å². The van der Waals surface area contributed by atoms with E-state index in [2.05, 4.69) is 6.07 Å². The van der Waals surface area contributed by atoms with E-state index < -0.39 is 0 Å². The molecule has 1 heterocycles. The summed E-state index contributed by atoms with van der Waals surface area (Å²) < 4.78 is 11.7. The van der Waals surface area contributed by atoms with Crippen molar-refractivity contribution in [3.8, 4) is 22.8 Å². The van der Waals surface area contributed by atoms with Crippen LogP contribution in [-0.2, 0) is 6.61 Å². The van der Waals surface area contributed by atoms with Crippen LogP contribution in [0.1, 0.15) is 32.6 Å². The van der Waals surface area contributed by atoms with E-state index in [4.69, 9.17) is 14.5 Å². The van der Waals surface area contributed by atoms with E-state index in [1.807, 2.05) is 99.6 Å². The number of ether oxygens (including phenoxy) is 2. The first kappa shape index (κ1) is 23.3. The highest BCUT2D eigenvalue weighted by Crippen LogP contribution is 2.33. The predicted octanol–water partition coefficient (Wildman–Crippen LogP) is 7.63. The van der Waals surface area contributed by atoms with E-state index in [0.717, 1.165) is 50.2 Å². The van der Waals surface area contributed by atoms with Gasteiger partial charge in [-0.25, -0.2) is 9.78 Å². The summed E-state index contributed by atoms with van der Waals surface area (Å²) in [5.74, 6) is 0.898. The Balaban J connectivity index is 1.53. The van der Waals surface area contributed by atoms with Crippen molar-refractivity contribution < 1.29 is 14.3 Å². The Morgan fingerprint density at radius 2 is 1.44 bits per heavy atom. The molecule has 0 aliphatic rings. The van der Waals surface area contributed by atoms with Gasteiger partial charge in [-0.15, -0.1) is 0 Å². The van der Waals surface area contributed by atoms with Gasteiger partial charge in [0.05, 0.1) is 16.8 Å². The van der Waals surface area contributed by atoms with Crippen LogP contribution < -0.4 is 9.47 Å². The summed E-state index contributed by atoms with van der Waals surface area (Å²) >= 11 is 0. The normalized spacial score (nSPS) is 10.9. The molecule has 5 aromatic rings. The maximum absolute atomic E-state index is 13.5. The number of carbonyl (C=O) groups excluding carboxylic acids is 1. The minimum absolute atomic E-state index is 0.389. The second-order valence-corrected chi connectivity index (χ2v) is 8.94. The topological polar surface area (TPSA) is 48.4 Å². The third kappa shape index (κ3) is 4.84. The quantitative estimate of drug-likeness (QED) is 0.188.